The van der Waals surface area contributed by atoms with Crippen LogP contribution in [0, 0.1) is 0 Å². The number of ether oxygens (including phenoxy) is 1. The molecule has 8 heteroatoms. The zero-order chi connectivity index (χ0) is 19.4. The highest BCUT2D eigenvalue weighted by atomic mass is 16.5. The maximum Gasteiger partial charge on any atom is 0.331 e. The van der Waals surface area contributed by atoms with E-state index in [1.165, 1.54) is 18.2 Å². The summed E-state index contributed by atoms with van der Waals surface area (Å²) in [5, 5.41) is 12.6. The average Bonchev–Trinajstić information content (AvgIpc) is 2.65. The van der Waals surface area contributed by atoms with Gasteiger partial charge in [-0.1, -0.05) is 31.4 Å². The second kappa shape index (κ2) is 8.03. The van der Waals surface area contributed by atoms with E-state index in [4.69, 9.17) is 4.74 Å². The Morgan fingerprint density at radius 3 is 2.44 bits per heavy atom. The summed E-state index contributed by atoms with van der Waals surface area (Å²) in [7, 11) is 0. The van der Waals surface area contributed by atoms with Crippen molar-refractivity contribution >= 4 is 29.9 Å². The number of urea groups is 1. The Hall–Kier alpha value is -3.16. The molecule has 2 aliphatic rings. The molecule has 142 valence electrons. The van der Waals surface area contributed by atoms with Crippen LogP contribution in [0.5, 0.6) is 5.75 Å². The minimum Gasteiger partial charge on any atom is -0.546 e. The first kappa shape index (κ1) is 18.6. The fourth-order valence-corrected chi connectivity index (χ4v) is 3.31. The van der Waals surface area contributed by atoms with E-state index < -0.39 is 30.4 Å². The van der Waals surface area contributed by atoms with Crippen molar-refractivity contribution in [2.75, 3.05) is 6.61 Å². The topological polar surface area (TPSA) is 116 Å². The number of amides is 4. The normalized spacial score (nSPS) is 19.9. The molecule has 1 saturated carbocycles. The van der Waals surface area contributed by atoms with Crippen LogP contribution in [0.4, 0.5) is 4.79 Å². The maximum absolute atomic E-state index is 12.8. The van der Waals surface area contributed by atoms with E-state index in [1.807, 2.05) is 0 Å². The first-order valence-electron chi connectivity index (χ1n) is 8.79. The van der Waals surface area contributed by atoms with E-state index in [0.717, 1.165) is 37.0 Å². The lowest BCUT2D eigenvalue weighted by Gasteiger charge is -2.35. The molecule has 4 amide bonds. The quantitative estimate of drug-likeness (QED) is 0.599. The van der Waals surface area contributed by atoms with E-state index in [1.54, 1.807) is 12.1 Å². The van der Waals surface area contributed by atoms with Crippen LogP contribution in [0.15, 0.2) is 29.8 Å². The van der Waals surface area contributed by atoms with E-state index in [-0.39, 0.29) is 11.6 Å². The lowest BCUT2D eigenvalue weighted by atomic mass is 9.93. The molecule has 0 spiro atoms. The number of nitrogens with one attached hydrogen (secondary N) is 1. The molecule has 1 aromatic carbocycles. The standard InChI is InChI=1S/C19H20N2O6/c22-16(23)11-27-14-8-6-12(7-9-14)10-15-17(24)20-19(26)21(18(15)25)13-4-2-1-3-5-13/h6-10,13H,1-5,11H2,(H,22,23)(H,20,24,26)/p-1/b15-10+. The van der Waals surface area contributed by atoms with Crippen LogP contribution in [0.2, 0.25) is 0 Å². The van der Waals surface area contributed by atoms with Crippen LogP contribution in [-0.2, 0) is 14.4 Å². The third-order valence-corrected chi connectivity index (χ3v) is 4.62. The van der Waals surface area contributed by atoms with E-state index in [0.29, 0.717) is 11.3 Å². The van der Waals surface area contributed by atoms with Gasteiger partial charge in [0.2, 0.25) is 0 Å². The average molecular weight is 371 g/mol. The first-order valence-corrected chi connectivity index (χ1v) is 8.79. The number of carboxylic acids is 1. The number of rotatable bonds is 5. The molecular formula is C19H19N2O6-. The Morgan fingerprint density at radius 1 is 1.15 bits per heavy atom. The summed E-state index contributed by atoms with van der Waals surface area (Å²) < 4.78 is 4.98. The van der Waals surface area contributed by atoms with Crippen molar-refractivity contribution in [3.63, 3.8) is 0 Å². The number of nitrogens with zero attached hydrogens (tertiary/aromatic N) is 1. The third kappa shape index (κ3) is 4.33. The van der Waals surface area contributed by atoms with Gasteiger partial charge >= 0.3 is 6.03 Å². The summed E-state index contributed by atoms with van der Waals surface area (Å²) in [6.45, 7) is -0.570. The second-order valence-electron chi connectivity index (χ2n) is 6.51. The fraction of sp³-hybridized carbons (Fsp3) is 0.368. The van der Waals surface area contributed by atoms with Crippen LogP contribution in [-0.4, -0.2) is 41.4 Å². The van der Waals surface area contributed by atoms with Crippen molar-refractivity contribution in [1.29, 1.82) is 0 Å². The van der Waals surface area contributed by atoms with Crippen molar-refractivity contribution < 1.29 is 29.0 Å². The van der Waals surface area contributed by atoms with Gasteiger partial charge in [0.25, 0.3) is 11.8 Å². The zero-order valence-corrected chi connectivity index (χ0v) is 14.6. The number of carbonyl (C=O) groups excluding carboxylic acids is 4. The smallest absolute Gasteiger partial charge is 0.331 e. The molecule has 1 aromatic rings. The highest BCUT2D eigenvalue weighted by molar-refractivity contribution is 6.31. The van der Waals surface area contributed by atoms with Gasteiger partial charge in [-0.2, -0.15) is 0 Å². The highest BCUT2D eigenvalue weighted by Gasteiger charge is 2.40. The van der Waals surface area contributed by atoms with Crippen LogP contribution in [0.1, 0.15) is 37.7 Å². The predicted molar refractivity (Wildman–Crippen MR) is 92.2 cm³/mol. The van der Waals surface area contributed by atoms with Crippen molar-refractivity contribution in [2.24, 2.45) is 0 Å². The Labute approximate surface area is 155 Å². The second-order valence-corrected chi connectivity index (χ2v) is 6.51. The molecule has 0 aromatic heterocycles. The van der Waals surface area contributed by atoms with Crippen LogP contribution in [0.25, 0.3) is 6.08 Å². The summed E-state index contributed by atoms with van der Waals surface area (Å²) in [5.74, 6) is -2.33. The van der Waals surface area contributed by atoms with Gasteiger partial charge in [0.15, 0.2) is 0 Å². The third-order valence-electron chi connectivity index (χ3n) is 4.62. The molecule has 0 atom stereocenters. The molecule has 1 aliphatic carbocycles. The van der Waals surface area contributed by atoms with Gasteiger partial charge in [-0.3, -0.25) is 19.8 Å². The van der Waals surface area contributed by atoms with Crippen LogP contribution < -0.4 is 15.2 Å². The lowest BCUT2D eigenvalue weighted by molar-refractivity contribution is -0.307. The maximum atomic E-state index is 12.8. The van der Waals surface area contributed by atoms with E-state index in [9.17, 15) is 24.3 Å². The molecule has 8 nitrogen and oxygen atoms in total. The first-order chi connectivity index (χ1) is 13.0. The van der Waals surface area contributed by atoms with Gasteiger partial charge in [0.05, 0.1) is 5.97 Å². The Bertz CT molecular complexity index is 793. The van der Waals surface area contributed by atoms with Gasteiger partial charge < -0.3 is 14.6 Å². The molecule has 3 rings (SSSR count). The summed E-state index contributed by atoms with van der Waals surface area (Å²) in [6, 6.07) is 5.34. The lowest BCUT2D eigenvalue weighted by Crippen LogP contribution is -2.58. The largest absolute Gasteiger partial charge is 0.546 e. The number of hydrogen-bond acceptors (Lipinski definition) is 6. The molecule has 0 unspecified atom stereocenters. The highest BCUT2D eigenvalue weighted by Crippen LogP contribution is 2.26. The number of benzene rings is 1. The minimum absolute atomic E-state index is 0.108. The minimum atomic E-state index is -1.34. The molecule has 0 radical (unpaired) electrons. The molecule has 1 heterocycles. The molecule has 1 saturated heterocycles. The Balaban J connectivity index is 1.79. The molecule has 27 heavy (non-hydrogen) atoms. The number of imide groups is 2. The van der Waals surface area contributed by atoms with Gasteiger partial charge in [-0.05, 0) is 36.6 Å². The summed E-state index contributed by atoms with van der Waals surface area (Å²) in [5.41, 5.74) is 0.441. The molecule has 1 N–H and O–H groups in total. The van der Waals surface area contributed by atoms with Gasteiger partial charge in [-0.25, -0.2) is 4.79 Å². The van der Waals surface area contributed by atoms with Crippen molar-refractivity contribution in [3.05, 3.63) is 35.4 Å². The fourth-order valence-electron chi connectivity index (χ4n) is 3.31. The number of hydrogen-bond donors (Lipinski definition) is 1. The SMILES string of the molecule is O=C([O-])COc1ccc(/C=C2\C(=O)NC(=O)N(C3CCCCC3)C2=O)cc1. The van der Waals surface area contributed by atoms with Gasteiger partial charge in [-0.15, -0.1) is 0 Å². The molecule has 1 aliphatic heterocycles. The van der Waals surface area contributed by atoms with Gasteiger partial charge in [0, 0.05) is 6.04 Å². The van der Waals surface area contributed by atoms with E-state index >= 15 is 0 Å². The number of aliphatic carboxylic acids is 1. The molecular weight excluding hydrogens is 352 g/mol. The van der Waals surface area contributed by atoms with Crippen molar-refractivity contribution in [3.8, 4) is 5.75 Å². The van der Waals surface area contributed by atoms with E-state index in [2.05, 4.69) is 5.32 Å². The number of barbiturate groups is 1. The number of carbonyl (C=O) groups is 4. The summed E-state index contributed by atoms with van der Waals surface area (Å²) in [4.78, 5) is 48.6. The predicted octanol–water partition coefficient (Wildman–Crippen LogP) is 0.610. The van der Waals surface area contributed by atoms with Crippen LogP contribution in [0.3, 0.4) is 0 Å². The van der Waals surface area contributed by atoms with Crippen LogP contribution >= 0.6 is 0 Å². The van der Waals surface area contributed by atoms with Crippen molar-refractivity contribution in [2.45, 2.75) is 38.1 Å². The number of carboxylic acid groups (broad SMARTS) is 1. The Morgan fingerprint density at radius 2 is 1.81 bits per heavy atom. The zero-order valence-electron chi connectivity index (χ0n) is 14.6. The summed E-state index contributed by atoms with van der Waals surface area (Å²) >= 11 is 0. The monoisotopic (exact) mass is 371 g/mol. The summed E-state index contributed by atoms with van der Waals surface area (Å²) in [6.07, 6.45) is 5.86. The van der Waals surface area contributed by atoms with Crippen molar-refractivity contribution in [1.82, 2.24) is 10.2 Å². The Kier molecular flexibility index (Phi) is 5.54. The van der Waals surface area contributed by atoms with Gasteiger partial charge in [0.1, 0.15) is 17.9 Å². The molecule has 2 fully saturated rings. The molecule has 0 bridgehead atoms.